The van der Waals surface area contributed by atoms with Crippen LogP contribution >= 0.6 is 0 Å². The van der Waals surface area contributed by atoms with Crippen LogP contribution in [0, 0.1) is 10.1 Å². The highest BCUT2D eigenvalue weighted by molar-refractivity contribution is 7.84. The quantitative estimate of drug-likeness (QED) is 0.325. The predicted octanol–water partition coefficient (Wildman–Crippen LogP) is 2.00. The molecule has 0 heterocycles. The van der Waals surface area contributed by atoms with Gasteiger partial charge in [0.15, 0.2) is 0 Å². The SMILES string of the molecule is CCCCCNS(=O)(=O)OC(c1ccccc1)[N+](=O)[O-]. The van der Waals surface area contributed by atoms with Crippen LogP contribution in [0.25, 0.3) is 0 Å². The fourth-order valence-electron chi connectivity index (χ4n) is 1.56. The average molecular weight is 302 g/mol. The summed E-state index contributed by atoms with van der Waals surface area (Å²) in [5, 5.41) is 10.9. The highest BCUT2D eigenvalue weighted by Crippen LogP contribution is 2.19. The number of nitro groups is 1. The number of benzene rings is 1. The Hall–Kier alpha value is -1.51. The van der Waals surface area contributed by atoms with Gasteiger partial charge in [0, 0.05) is 6.54 Å². The van der Waals surface area contributed by atoms with E-state index in [2.05, 4.69) is 8.91 Å². The van der Waals surface area contributed by atoms with Gasteiger partial charge in [-0.3, -0.25) is 10.1 Å². The van der Waals surface area contributed by atoms with E-state index in [0.29, 0.717) is 6.42 Å². The molecule has 0 radical (unpaired) electrons. The first-order valence-corrected chi connectivity index (χ1v) is 7.73. The van der Waals surface area contributed by atoms with Crippen molar-refractivity contribution in [1.29, 1.82) is 0 Å². The second kappa shape index (κ2) is 7.93. The first-order valence-electron chi connectivity index (χ1n) is 6.32. The van der Waals surface area contributed by atoms with Gasteiger partial charge >= 0.3 is 16.5 Å². The fourth-order valence-corrected chi connectivity index (χ4v) is 2.44. The maximum atomic E-state index is 11.6. The lowest BCUT2D eigenvalue weighted by atomic mass is 10.2. The molecule has 1 N–H and O–H groups in total. The third-order valence-corrected chi connectivity index (χ3v) is 3.55. The molecule has 0 aliphatic carbocycles. The molecule has 0 amide bonds. The van der Waals surface area contributed by atoms with Gasteiger partial charge in [0.1, 0.15) is 0 Å². The summed E-state index contributed by atoms with van der Waals surface area (Å²) in [5.41, 5.74) is 0.177. The van der Waals surface area contributed by atoms with Gasteiger partial charge in [-0.2, -0.15) is 17.3 Å². The standard InChI is InChI=1S/C12H18N2O5S/c1-2-3-7-10-13-20(17,18)19-12(14(15)16)11-8-5-4-6-9-11/h4-6,8-9,12-13H,2-3,7,10H2,1H3. The van der Waals surface area contributed by atoms with Crippen LogP contribution < -0.4 is 4.72 Å². The van der Waals surface area contributed by atoms with Crippen molar-refractivity contribution in [1.82, 2.24) is 4.72 Å². The van der Waals surface area contributed by atoms with Gasteiger partial charge in [-0.25, -0.2) is 0 Å². The molecule has 7 nitrogen and oxygen atoms in total. The Kier molecular flexibility index (Phi) is 6.56. The van der Waals surface area contributed by atoms with E-state index in [-0.39, 0.29) is 12.1 Å². The summed E-state index contributed by atoms with van der Waals surface area (Å²) in [7, 11) is -4.15. The van der Waals surface area contributed by atoms with Crippen LogP contribution in [0.5, 0.6) is 0 Å². The summed E-state index contributed by atoms with van der Waals surface area (Å²) >= 11 is 0. The van der Waals surface area contributed by atoms with Crippen LogP contribution in [-0.2, 0) is 14.5 Å². The van der Waals surface area contributed by atoms with Crippen molar-refractivity contribution in [3.8, 4) is 0 Å². The molecule has 0 spiro atoms. The monoisotopic (exact) mass is 302 g/mol. The van der Waals surface area contributed by atoms with Crippen molar-refractivity contribution < 1.29 is 17.5 Å². The molecule has 8 heteroatoms. The number of nitrogens with one attached hydrogen (secondary N) is 1. The molecular weight excluding hydrogens is 284 g/mol. The Balaban J connectivity index is 2.68. The number of hydrogen-bond acceptors (Lipinski definition) is 5. The van der Waals surface area contributed by atoms with Crippen LogP contribution in [0.4, 0.5) is 0 Å². The molecule has 20 heavy (non-hydrogen) atoms. The second-order valence-electron chi connectivity index (χ2n) is 4.20. The zero-order chi connectivity index (χ0) is 15.0. The minimum absolute atomic E-state index is 0.177. The Bertz CT molecular complexity index is 518. The lowest BCUT2D eigenvalue weighted by Crippen LogP contribution is -2.30. The normalized spacial score (nSPS) is 13.1. The Labute approximate surface area is 118 Å². The van der Waals surface area contributed by atoms with Crippen LogP contribution in [0.15, 0.2) is 30.3 Å². The molecule has 0 bridgehead atoms. The number of hydrogen-bond donors (Lipinski definition) is 1. The molecule has 0 saturated carbocycles. The van der Waals surface area contributed by atoms with Gasteiger partial charge < -0.3 is 0 Å². The Morgan fingerprint density at radius 2 is 1.95 bits per heavy atom. The van der Waals surface area contributed by atoms with Gasteiger partial charge in [-0.05, 0) is 18.6 Å². The molecule has 1 unspecified atom stereocenters. The van der Waals surface area contributed by atoms with Crippen molar-refractivity contribution in [3.63, 3.8) is 0 Å². The van der Waals surface area contributed by atoms with Crippen molar-refractivity contribution in [2.45, 2.75) is 32.4 Å². The van der Waals surface area contributed by atoms with E-state index in [0.717, 1.165) is 12.8 Å². The summed E-state index contributed by atoms with van der Waals surface area (Å²) in [6.07, 6.45) is 0.747. The summed E-state index contributed by atoms with van der Waals surface area (Å²) in [6.45, 7) is 2.19. The van der Waals surface area contributed by atoms with E-state index in [1.807, 2.05) is 6.92 Å². The minimum atomic E-state index is -4.15. The van der Waals surface area contributed by atoms with Crippen molar-refractivity contribution in [3.05, 3.63) is 46.0 Å². The lowest BCUT2D eigenvalue weighted by Gasteiger charge is -2.11. The lowest BCUT2D eigenvalue weighted by molar-refractivity contribution is -0.570. The Morgan fingerprint density at radius 1 is 1.30 bits per heavy atom. The molecule has 0 aliphatic rings. The van der Waals surface area contributed by atoms with E-state index >= 15 is 0 Å². The van der Waals surface area contributed by atoms with E-state index in [1.165, 1.54) is 12.1 Å². The topological polar surface area (TPSA) is 98.5 Å². The molecular formula is C12H18N2O5S. The van der Waals surface area contributed by atoms with Gasteiger partial charge in [-0.15, -0.1) is 0 Å². The molecule has 112 valence electrons. The molecule has 1 aromatic rings. The maximum absolute atomic E-state index is 11.6. The van der Waals surface area contributed by atoms with Crippen molar-refractivity contribution in [2.75, 3.05) is 6.54 Å². The van der Waals surface area contributed by atoms with E-state index in [1.54, 1.807) is 18.2 Å². The summed E-state index contributed by atoms with van der Waals surface area (Å²) in [6, 6.07) is 7.73. The van der Waals surface area contributed by atoms with Crippen LogP contribution in [-0.4, -0.2) is 19.9 Å². The first kappa shape index (κ1) is 16.5. The van der Waals surface area contributed by atoms with E-state index in [9.17, 15) is 18.5 Å². The molecule has 0 aromatic heterocycles. The van der Waals surface area contributed by atoms with Crippen molar-refractivity contribution in [2.24, 2.45) is 0 Å². The van der Waals surface area contributed by atoms with E-state index in [4.69, 9.17) is 0 Å². The third kappa shape index (κ3) is 5.64. The molecule has 1 aromatic carbocycles. The summed E-state index contributed by atoms with van der Waals surface area (Å²) in [4.78, 5) is 10.2. The Morgan fingerprint density at radius 3 is 2.50 bits per heavy atom. The summed E-state index contributed by atoms with van der Waals surface area (Å²) in [5.74, 6) is 0. The largest absolute Gasteiger partial charge is 0.357 e. The first-order chi connectivity index (χ1) is 9.46. The minimum Gasteiger partial charge on any atom is -0.261 e. The smallest absolute Gasteiger partial charge is 0.261 e. The fraction of sp³-hybridized carbons (Fsp3) is 0.500. The number of unbranched alkanes of at least 4 members (excludes halogenated alkanes) is 2. The molecule has 0 saturated heterocycles. The molecule has 1 atom stereocenters. The van der Waals surface area contributed by atoms with Gasteiger partial charge in [0.05, 0.1) is 10.5 Å². The maximum Gasteiger partial charge on any atom is 0.357 e. The van der Waals surface area contributed by atoms with Crippen molar-refractivity contribution >= 4 is 10.3 Å². The third-order valence-electron chi connectivity index (χ3n) is 2.55. The second-order valence-corrected chi connectivity index (χ2v) is 5.59. The highest BCUT2D eigenvalue weighted by atomic mass is 32.2. The van der Waals surface area contributed by atoms with Gasteiger partial charge in [0.25, 0.3) is 0 Å². The summed E-state index contributed by atoms with van der Waals surface area (Å²) < 4.78 is 30.1. The number of nitrogens with zero attached hydrogens (tertiary/aromatic N) is 1. The molecule has 0 fully saturated rings. The average Bonchev–Trinajstić information content (AvgIpc) is 2.42. The van der Waals surface area contributed by atoms with Crippen LogP contribution in [0.3, 0.4) is 0 Å². The predicted molar refractivity (Wildman–Crippen MR) is 73.7 cm³/mol. The molecule has 1 rings (SSSR count). The highest BCUT2D eigenvalue weighted by Gasteiger charge is 2.29. The van der Waals surface area contributed by atoms with E-state index < -0.39 is 21.5 Å². The zero-order valence-electron chi connectivity index (χ0n) is 11.2. The number of rotatable bonds is 9. The molecule has 0 aliphatic heterocycles. The van der Waals surface area contributed by atoms with Crippen LogP contribution in [0.2, 0.25) is 0 Å². The van der Waals surface area contributed by atoms with Crippen LogP contribution in [0.1, 0.15) is 38.0 Å². The van der Waals surface area contributed by atoms with Gasteiger partial charge in [-0.1, -0.05) is 38.0 Å². The zero-order valence-corrected chi connectivity index (χ0v) is 12.0. The van der Waals surface area contributed by atoms with Gasteiger partial charge in [0.2, 0.25) is 0 Å².